The second kappa shape index (κ2) is 8.50. The van der Waals surface area contributed by atoms with Crippen molar-refractivity contribution in [3.63, 3.8) is 0 Å². The zero-order valence-corrected chi connectivity index (χ0v) is 17.6. The van der Waals surface area contributed by atoms with Crippen LogP contribution in [0.4, 0.5) is 16.2 Å². The van der Waals surface area contributed by atoms with Gasteiger partial charge in [-0.15, -0.1) is 0 Å². The number of non-ortho nitro benzene ring substituents is 1. The predicted molar refractivity (Wildman–Crippen MR) is 118 cm³/mol. The first-order valence-corrected chi connectivity index (χ1v) is 10.1. The van der Waals surface area contributed by atoms with Crippen LogP contribution >= 0.6 is 0 Å². The summed E-state index contributed by atoms with van der Waals surface area (Å²) in [5.74, 6) is -0.283. The van der Waals surface area contributed by atoms with Crippen molar-refractivity contribution < 1.29 is 14.5 Å². The molecule has 10 heteroatoms. The SMILES string of the molecule is Cc1nn(-c2ccccc2)c(C)c1[C@H]1C(=O)NCCN1C(=O)Nc1ccc([N+](=O)[O-])cc1. The van der Waals surface area contributed by atoms with Crippen LogP contribution in [0.15, 0.2) is 54.6 Å². The molecule has 1 fully saturated rings. The summed E-state index contributed by atoms with van der Waals surface area (Å²) < 4.78 is 1.76. The third kappa shape index (κ3) is 3.89. The average Bonchev–Trinajstić information content (AvgIpc) is 3.08. The molecule has 10 nitrogen and oxygen atoms in total. The molecule has 0 spiro atoms. The minimum atomic E-state index is -0.848. The van der Waals surface area contributed by atoms with Crippen LogP contribution < -0.4 is 10.6 Å². The molecule has 0 radical (unpaired) electrons. The molecule has 3 amide bonds. The average molecular weight is 434 g/mol. The maximum atomic E-state index is 13.1. The van der Waals surface area contributed by atoms with E-state index in [0.717, 1.165) is 11.4 Å². The number of urea groups is 1. The molecule has 0 bridgehead atoms. The fourth-order valence-corrected chi connectivity index (χ4v) is 3.91. The standard InChI is InChI=1S/C22H22N6O4/c1-14-19(15(2)27(25-14)17-6-4-3-5-7-17)20-21(29)23-12-13-26(20)22(30)24-16-8-10-18(11-9-16)28(31)32/h3-11,20H,12-13H2,1-2H3,(H,23,29)(H,24,30)/t20-/m0/s1. The fraction of sp³-hybridized carbons (Fsp3) is 0.227. The van der Waals surface area contributed by atoms with E-state index in [4.69, 9.17) is 0 Å². The Morgan fingerprint density at radius 3 is 2.50 bits per heavy atom. The van der Waals surface area contributed by atoms with Crippen LogP contribution in [0.1, 0.15) is 23.0 Å². The number of aromatic nitrogens is 2. The summed E-state index contributed by atoms with van der Waals surface area (Å²) in [7, 11) is 0. The zero-order chi connectivity index (χ0) is 22.8. The van der Waals surface area contributed by atoms with Crippen molar-refractivity contribution in [3.8, 4) is 5.69 Å². The van der Waals surface area contributed by atoms with E-state index in [1.54, 1.807) is 4.68 Å². The molecule has 2 N–H and O–H groups in total. The first kappa shape index (κ1) is 21.0. The molecule has 2 heterocycles. The monoisotopic (exact) mass is 434 g/mol. The van der Waals surface area contributed by atoms with E-state index >= 15 is 0 Å². The number of nitrogens with one attached hydrogen (secondary N) is 2. The van der Waals surface area contributed by atoms with E-state index in [0.29, 0.717) is 30.0 Å². The molecular formula is C22H22N6O4. The summed E-state index contributed by atoms with van der Waals surface area (Å²) in [5, 5.41) is 21.0. The molecule has 1 aliphatic heterocycles. The highest BCUT2D eigenvalue weighted by molar-refractivity contribution is 5.95. The van der Waals surface area contributed by atoms with Crippen molar-refractivity contribution in [2.75, 3.05) is 18.4 Å². The van der Waals surface area contributed by atoms with E-state index < -0.39 is 17.0 Å². The highest BCUT2D eigenvalue weighted by Gasteiger charge is 2.38. The maximum absolute atomic E-state index is 13.1. The minimum Gasteiger partial charge on any atom is -0.352 e. The maximum Gasteiger partial charge on any atom is 0.322 e. The normalized spacial score (nSPS) is 15.9. The number of carbonyl (C=O) groups is 2. The van der Waals surface area contributed by atoms with Crippen molar-refractivity contribution in [2.45, 2.75) is 19.9 Å². The van der Waals surface area contributed by atoms with Gasteiger partial charge in [0.15, 0.2) is 0 Å². The number of anilines is 1. The van der Waals surface area contributed by atoms with Crippen LogP contribution in [-0.2, 0) is 4.79 Å². The van der Waals surface area contributed by atoms with Crippen molar-refractivity contribution in [3.05, 3.63) is 81.7 Å². The highest BCUT2D eigenvalue weighted by atomic mass is 16.6. The number of nitro benzene ring substituents is 1. The molecule has 4 rings (SSSR count). The Morgan fingerprint density at radius 1 is 1.16 bits per heavy atom. The molecule has 1 atom stereocenters. The molecule has 0 aliphatic carbocycles. The smallest absolute Gasteiger partial charge is 0.322 e. The molecule has 1 aromatic heterocycles. The molecule has 1 saturated heterocycles. The van der Waals surface area contributed by atoms with E-state index in [9.17, 15) is 19.7 Å². The van der Waals surface area contributed by atoms with Gasteiger partial charge in [-0.05, 0) is 38.1 Å². The fourth-order valence-electron chi connectivity index (χ4n) is 3.91. The topological polar surface area (TPSA) is 122 Å². The van der Waals surface area contributed by atoms with Gasteiger partial charge < -0.3 is 15.5 Å². The number of hydrogen-bond donors (Lipinski definition) is 2. The Kier molecular flexibility index (Phi) is 5.59. The highest BCUT2D eigenvalue weighted by Crippen LogP contribution is 2.31. The molecule has 1 aliphatic rings. The number of hydrogen-bond acceptors (Lipinski definition) is 5. The van der Waals surface area contributed by atoms with Crippen LogP contribution in [0.3, 0.4) is 0 Å². The number of carbonyl (C=O) groups excluding carboxylic acids is 2. The van der Waals surface area contributed by atoms with Crippen molar-refractivity contribution in [1.82, 2.24) is 20.0 Å². The third-order valence-electron chi connectivity index (χ3n) is 5.42. The lowest BCUT2D eigenvalue weighted by Crippen LogP contribution is -2.53. The number of aryl methyl sites for hydroxylation is 1. The van der Waals surface area contributed by atoms with E-state index in [2.05, 4.69) is 15.7 Å². The molecule has 0 saturated carbocycles. The number of rotatable bonds is 4. The van der Waals surface area contributed by atoms with Crippen LogP contribution in [0.5, 0.6) is 0 Å². The van der Waals surface area contributed by atoms with Gasteiger partial charge in [0, 0.05) is 42.2 Å². The summed E-state index contributed by atoms with van der Waals surface area (Å²) in [5.41, 5.74) is 3.28. The first-order valence-electron chi connectivity index (χ1n) is 10.1. The number of amides is 3. The van der Waals surface area contributed by atoms with Gasteiger partial charge in [-0.2, -0.15) is 5.10 Å². The van der Waals surface area contributed by atoms with Gasteiger partial charge >= 0.3 is 6.03 Å². The summed E-state index contributed by atoms with van der Waals surface area (Å²) >= 11 is 0. The first-order chi connectivity index (χ1) is 15.4. The number of piperazine rings is 1. The van der Waals surface area contributed by atoms with Crippen LogP contribution in [0, 0.1) is 24.0 Å². The van der Waals surface area contributed by atoms with Gasteiger partial charge in [0.1, 0.15) is 6.04 Å². The van der Waals surface area contributed by atoms with Crippen molar-refractivity contribution in [1.29, 1.82) is 0 Å². The molecule has 0 unspecified atom stereocenters. The second-order valence-corrected chi connectivity index (χ2v) is 7.45. The van der Waals surface area contributed by atoms with Crippen LogP contribution in [0.2, 0.25) is 0 Å². The molecule has 32 heavy (non-hydrogen) atoms. The van der Waals surface area contributed by atoms with E-state index in [1.807, 2.05) is 44.2 Å². The van der Waals surface area contributed by atoms with Gasteiger partial charge in [-0.3, -0.25) is 14.9 Å². The molecule has 2 aromatic carbocycles. The molecule has 164 valence electrons. The van der Waals surface area contributed by atoms with Crippen molar-refractivity contribution in [2.24, 2.45) is 0 Å². The minimum absolute atomic E-state index is 0.0715. The van der Waals surface area contributed by atoms with Gasteiger partial charge in [0.2, 0.25) is 5.91 Å². The van der Waals surface area contributed by atoms with Crippen LogP contribution in [0.25, 0.3) is 5.69 Å². The molecule has 3 aromatic rings. The Hall–Kier alpha value is -4.21. The Balaban J connectivity index is 1.65. The van der Waals surface area contributed by atoms with Gasteiger partial charge in [0.25, 0.3) is 5.69 Å². The summed E-state index contributed by atoms with van der Waals surface area (Å²) in [6.07, 6.45) is 0. The van der Waals surface area contributed by atoms with E-state index in [1.165, 1.54) is 29.2 Å². The lowest BCUT2D eigenvalue weighted by molar-refractivity contribution is -0.384. The third-order valence-corrected chi connectivity index (χ3v) is 5.42. The predicted octanol–water partition coefficient (Wildman–Crippen LogP) is 3.10. The van der Waals surface area contributed by atoms with Crippen LogP contribution in [-0.4, -0.2) is 44.6 Å². The largest absolute Gasteiger partial charge is 0.352 e. The Bertz CT molecular complexity index is 1170. The Morgan fingerprint density at radius 2 is 1.84 bits per heavy atom. The summed E-state index contributed by atoms with van der Waals surface area (Å²) in [4.78, 5) is 37.8. The second-order valence-electron chi connectivity index (χ2n) is 7.45. The Labute approximate surface area is 184 Å². The summed E-state index contributed by atoms with van der Waals surface area (Å²) in [6, 6.07) is 13.8. The van der Waals surface area contributed by atoms with Gasteiger partial charge in [-0.25, -0.2) is 9.48 Å². The number of nitro groups is 1. The molecular weight excluding hydrogens is 412 g/mol. The lowest BCUT2D eigenvalue weighted by atomic mass is 10.0. The zero-order valence-electron chi connectivity index (χ0n) is 17.6. The quantitative estimate of drug-likeness (QED) is 0.483. The number of benzene rings is 2. The van der Waals surface area contributed by atoms with Gasteiger partial charge in [0.05, 0.1) is 16.3 Å². The number of nitrogens with zero attached hydrogens (tertiary/aromatic N) is 4. The lowest BCUT2D eigenvalue weighted by Gasteiger charge is -2.35. The van der Waals surface area contributed by atoms with E-state index in [-0.39, 0.29) is 11.6 Å². The van der Waals surface area contributed by atoms with Crippen molar-refractivity contribution >= 4 is 23.3 Å². The summed E-state index contributed by atoms with van der Waals surface area (Å²) in [6.45, 7) is 4.32. The number of para-hydroxylation sites is 1. The van der Waals surface area contributed by atoms with Gasteiger partial charge in [-0.1, -0.05) is 18.2 Å².